The zero-order valence-corrected chi connectivity index (χ0v) is 17.2. The van der Waals surface area contributed by atoms with E-state index in [1.165, 1.54) is 16.8 Å². The summed E-state index contributed by atoms with van der Waals surface area (Å²) in [5.41, 5.74) is 2.99. The number of hydrogen-bond donors (Lipinski definition) is 1. The van der Waals surface area contributed by atoms with Gasteiger partial charge in [0.25, 0.3) is 5.91 Å². The van der Waals surface area contributed by atoms with Crippen molar-refractivity contribution in [3.8, 4) is 17.1 Å². The lowest BCUT2D eigenvalue weighted by molar-refractivity contribution is 0.0947. The molecule has 4 aromatic rings. The maximum Gasteiger partial charge on any atom is 0.281 e. The van der Waals surface area contributed by atoms with Crippen molar-refractivity contribution in [1.29, 1.82) is 0 Å². The molecule has 4 rings (SSSR count). The Morgan fingerprint density at radius 1 is 1.03 bits per heavy atom. The molecule has 31 heavy (non-hydrogen) atoms. The van der Waals surface area contributed by atoms with Crippen molar-refractivity contribution in [2.45, 2.75) is 13.5 Å². The highest BCUT2D eigenvalue weighted by Crippen LogP contribution is 2.22. The van der Waals surface area contributed by atoms with Crippen LogP contribution in [0.3, 0.4) is 0 Å². The maximum atomic E-state index is 13.2. The van der Waals surface area contributed by atoms with Gasteiger partial charge in [-0.1, -0.05) is 30.3 Å². The van der Waals surface area contributed by atoms with Crippen LogP contribution in [-0.2, 0) is 6.54 Å². The third kappa shape index (κ3) is 4.45. The summed E-state index contributed by atoms with van der Waals surface area (Å²) in [4.78, 5) is 17.8. The number of aromatic nitrogens is 3. The summed E-state index contributed by atoms with van der Waals surface area (Å²) in [5.74, 6) is 0.846. The Labute approximate surface area is 179 Å². The van der Waals surface area contributed by atoms with E-state index in [1.807, 2.05) is 49.4 Å². The van der Waals surface area contributed by atoms with Crippen LogP contribution in [0, 0.1) is 12.7 Å². The SMILES string of the molecule is COc1ccc(-c2nc(NCc3ccc(F)cc3)n(C(=O)c3ccccc3C)n2)cc1. The third-order valence-electron chi connectivity index (χ3n) is 4.89. The van der Waals surface area contributed by atoms with Gasteiger partial charge in [-0.2, -0.15) is 9.67 Å². The summed E-state index contributed by atoms with van der Waals surface area (Å²) in [6, 6.07) is 20.8. The highest BCUT2D eigenvalue weighted by atomic mass is 19.1. The van der Waals surface area contributed by atoms with E-state index in [-0.39, 0.29) is 11.7 Å². The second-order valence-corrected chi connectivity index (χ2v) is 7.00. The van der Waals surface area contributed by atoms with Crippen LogP contribution >= 0.6 is 0 Å². The average Bonchev–Trinajstić information content (AvgIpc) is 3.23. The number of carbonyl (C=O) groups is 1. The molecule has 0 aliphatic rings. The van der Waals surface area contributed by atoms with Crippen LogP contribution in [-0.4, -0.2) is 27.8 Å². The number of anilines is 1. The molecule has 0 saturated carbocycles. The summed E-state index contributed by atoms with van der Waals surface area (Å²) in [7, 11) is 1.60. The Hall–Kier alpha value is -4.00. The predicted octanol–water partition coefficient (Wildman–Crippen LogP) is 4.70. The van der Waals surface area contributed by atoms with Crippen LogP contribution in [0.1, 0.15) is 21.5 Å². The van der Waals surface area contributed by atoms with E-state index in [0.29, 0.717) is 29.6 Å². The number of nitrogens with zero attached hydrogens (tertiary/aromatic N) is 3. The zero-order valence-electron chi connectivity index (χ0n) is 17.2. The van der Waals surface area contributed by atoms with Gasteiger partial charge in [-0.3, -0.25) is 4.79 Å². The van der Waals surface area contributed by atoms with Crippen LogP contribution in [0.4, 0.5) is 10.3 Å². The number of carbonyl (C=O) groups excluding carboxylic acids is 1. The molecule has 6 nitrogen and oxygen atoms in total. The largest absolute Gasteiger partial charge is 0.497 e. The Bertz CT molecular complexity index is 1200. The first kappa shape index (κ1) is 20.3. The summed E-state index contributed by atoms with van der Waals surface area (Å²) < 4.78 is 19.7. The molecule has 1 aromatic heterocycles. The van der Waals surface area contributed by atoms with E-state index in [1.54, 1.807) is 25.3 Å². The Kier molecular flexibility index (Phi) is 5.75. The summed E-state index contributed by atoms with van der Waals surface area (Å²) in [6.45, 7) is 2.24. The van der Waals surface area contributed by atoms with Crippen molar-refractivity contribution in [1.82, 2.24) is 14.8 Å². The van der Waals surface area contributed by atoms with Crippen molar-refractivity contribution in [2.24, 2.45) is 0 Å². The zero-order chi connectivity index (χ0) is 21.8. The van der Waals surface area contributed by atoms with E-state index in [4.69, 9.17) is 4.74 Å². The monoisotopic (exact) mass is 416 g/mol. The molecule has 0 spiro atoms. The molecule has 156 valence electrons. The quantitative estimate of drug-likeness (QED) is 0.493. The number of hydrogen-bond acceptors (Lipinski definition) is 5. The molecule has 0 bridgehead atoms. The average molecular weight is 416 g/mol. The van der Waals surface area contributed by atoms with Crippen LogP contribution in [0.25, 0.3) is 11.4 Å². The van der Waals surface area contributed by atoms with Gasteiger partial charge in [-0.05, 0) is 60.5 Å². The van der Waals surface area contributed by atoms with Gasteiger partial charge in [0.05, 0.1) is 7.11 Å². The van der Waals surface area contributed by atoms with Gasteiger partial charge < -0.3 is 10.1 Å². The second kappa shape index (κ2) is 8.79. The number of aryl methyl sites for hydroxylation is 1. The second-order valence-electron chi connectivity index (χ2n) is 7.00. The lowest BCUT2D eigenvalue weighted by Crippen LogP contribution is -2.18. The molecular formula is C24H21FN4O2. The standard InChI is InChI=1S/C24H21FN4O2/c1-16-5-3-4-6-21(16)23(30)29-24(26-15-17-7-11-19(25)12-8-17)27-22(28-29)18-9-13-20(31-2)14-10-18/h3-14H,15H2,1-2H3,(H,26,27,28). The topological polar surface area (TPSA) is 69.0 Å². The highest BCUT2D eigenvalue weighted by Gasteiger charge is 2.20. The molecule has 0 fully saturated rings. The maximum absolute atomic E-state index is 13.2. The van der Waals surface area contributed by atoms with E-state index < -0.39 is 0 Å². The minimum Gasteiger partial charge on any atom is -0.497 e. The van der Waals surface area contributed by atoms with E-state index >= 15 is 0 Å². The van der Waals surface area contributed by atoms with Crippen LogP contribution in [0.5, 0.6) is 5.75 Å². The van der Waals surface area contributed by atoms with E-state index in [2.05, 4.69) is 15.4 Å². The minimum absolute atomic E-state index is 0.285. The summed E-state index contributed by atoms with van der Waals surface area (Å²) in [5, 5.41) is 7.63. The fourth-order valence-corrected chi connectivity index (χ4v) is 3.14. The Morgan fingerprint density at radius 3 is 2.42 bits per heavy atom. The normalized spacial score (nSPS) is 10.7. The molecule has 0 aliphatic carbocycles. The smallest absolute Gasteiger partial charge is 0.281 e. The van der Waals surface area contributed by atoms with Crippen molar-refractivity contribution in [2.75, 3.05) is 12.4 Å². The Morgan fingerprint density at radius 2 is 1.74 bits per heavy atom. The fourth-order valence-electron chi connectivity index (χ4n) is 3.14. The van der Waals surface area contributed by atoms with Crippen molar-refractivity contribution >= 4 is 11.9 Å². The molecule has 0 saturated heterocycles. The number of nitrogens with one attached hydrogen (secondary N) is 1. The van der Waals surface area contributed by atoms with Crippen LogP contribution in [0.2, 0.25) is 0 Å². The van der Waals surface area contributed by atoms with Gasteiger partial charge in [-0.15, -0.1) is 5.10 Å². The first-order valence-corrected chi connectivity index (χ1v) is 9.75. The van der Waals surface area contributed by atoms with Gasteiger partial charge in [0.15, 0.2) is 5.82 Å². The number of benzene rings is 3. The number of halogens is 1. The number of methoxy groups -OCH3 is 1. The molecule has 0 unspecified atom stereocenters. The molecular weight excluding hydrogens is 395 g/mol. The number of ether oxygens (including phenoxy) is 1. The summed E-state index contributed by atoms with van der Waals surface area (Å²) in [6.07, 6.45) is 0. The molecule has 1 N–H and O–H groups in total. The lowest BCUT2D eigenvalue weighted by Gasteiger charge is -2.09. The third-order valence-corrected chi connectivity index (χ3v) is 4.89. The van der Waals surface area contributed by atoms with Crippen molar-refractivity contribution in [3.63, 3.8) is 0 Å². The molecule has 7 heteroatoms. The predicted molar refractivity (Wildman–Crippen MR) is 117 cm³/mol. The number of rotatable bonds is 6. The summed E-state index contributed by atoms with van der Waals surface area (Å²) >= 11 is 0. The highest BCUT2D eigenvalue weighted by molar-refractivity contribution is 5.98. The van der Waals surface area contributed by atoms with Crippen molar-refractivity contribution in [3.05, 3.63) is 95.3 Å². The van der Waals surface area contributed by atoms with E-state index in [0.717, 1.165) is 16.7 Å². The first-order chi connectivity index (χ1) is 15.0. The van der Waals surface area contributed by atoms with Gasteiger partial charge in [0.2, 0.25) is 5.95 Å². The molecule has 0 amide bonds. The van der Waals surface area contributed by atoms with Crippen molar-refractivity contribution < 1.29 is 13.9 Å². The lowest BCUT2D eigenvalue weighted by atomic mass is 10.1. The van der Waals surface area contributed by atoms with E-state index in [9.17, 15) is 9.18 Å². The minimum atomic E-state index is -0.302. The van der Waals surface area contributed by atoms with Gasteiger partial charge in [0, 0.05) is 17.7 Å². The van der Waals surface area contributed by atoms with Gasteiger partial charge in [-0.25, -0.2) is 4.39 Å². The fraction of sp³-hybridized carbons (Fsp3) is 0.125. The van der Waals surface area contributed by atoms with Gasteiger partial charge >= 0.3 is 0 Å². The van der Waals surface area contributed by atoms with Crippen LogP contribution < -0.4 is 10.1 Å². The molecule has 1 heterocycles. The first-order valence-electron chi connectivity index (χ1n) is 9.75. The molecule has 3 aromatic carbocycles. The molecule has 0 radical (unpaired) electrons. The van der Waals surface area contributed by atoms with Gasteiger partial charge in [0.1, 0.15) is 11.6 Å². The van der Waals surface area contributed by atoms with Crippen LogP contribution in [0.15, 0.2) is 72.8 Å². The molecule has 0 aliphatic heterocycles. The molecule has 0 atom stereocenters. The Balaban J connectivity index is 1.69.